The van der Waals surface area contributed by atoms with Gasteiger partial charge in [-0.1, -0.05) is 6.92 Å². The van der Waals surface area contributed by atoms with Crippen LogP contribution >= 0.6 is 11.3 Å². The van der Waals surface area contributed by atoms with Crippen molar-refractivity contribution >= 4 is 21.4 Å². The summed E-state index contributed by atoms with van der Waals surface area (Å²) < 4.78 is 27.9. The van der Waals surface area contributed by atoms with Crippen LogP contribution in [-0.4, -0.2) is 30.1 Å². The van der Waals surface area contributed by atoms with Crippen molar-refractivity contribution in [1.82, 2.24) is 25.2 Å². The van der Waals surface area contributed by atoms with E-state index in [9.17, 15) is 8.42 Å². The molecule has 2 rings (SSSR count). The monoisotopic (exact) mass is 329 g/mol. The molecule has 0 aromatic carbocycles. The molecule has 2 aromatic rings. The Bertz CT molecular complexity index is 679. The maximum absolute atomic E-state index is 12.6. The number of hydrogen-bond acceptors (Lipinski definition) is 6. The van der Waals surface area contributed by atoms with Gasteiger partial charge in [0.2, 0.25) is 10.0 Å². The van der Waals surface area contributed by atoms with Gasteiger partial charge in [0.05, 0.1) is 6.04 Å². The maximum atomic E-state index is 12.6. The first-order valence-electron chi connectivity index (χ1n) is 6.61. The number of nitrogens with zero attached hydrogens (tertiary/aromatic N) is 2. The van der Waals surface area contributed by atoms with Crippen LogP contribution in [0.1, 0.15) is 36.2 Å². The van der Waals surface area contributed by atoms with Gasteiger partial charge in [0.25, 0.3) is 0 Å². The number of hydrogen-bond donors (Lipinski definition) is 3. The lowest BCUT2D eigenvalue weighted by molar-refractivity contribution is 0.558. The lowest BCUT2D eigenvalue weighted by Gasteiger charge is -2.13. The predicted molar refractivity (Wildman–Crippen MR) is 81.6 cm³/mol. The first-order valence-corrected chi connectivity index (χ1v) is 8.97. The molecule has 2 aromatic heterocycles. The van der Waals surface area contributed by atoms with Crippen molar-refractivity contribution in [3.8, 4) is 0 Å². The van der Waals surface area contributed by atoms with Gasteiger partial charge in [-0.3, -0.25) is 5.10 Å². The van der Waals surface area contributed by atoms with Crippen molar-refractivity contribution in [3.63, 3.8) is 0 Å². The van der Waals surface area contributed by atoms with E-state index in [1.807, 2.05) is 12.3 Å². The van der Waals surface area contributed by atoms with Gasteiger partial charge in [0.15, 0.2) is 0 Å². The molecule has 0 aliphatic heterocycles. The van der Waals surface area contributed by atoms with Gasteiger partial charge >= 0.3 is 0 Å². The molecule has 1 unspecified atom stereocenters. The average molecular weight is 329 g/mol. The number of nitrogens with one attached hydrogen (secondary N) is 3. The zero-order valence-electron chi connectivity index (χ0n) is 12.2. The zero-order valence-corrected chi connectivity index (χ0v) is 13.8. The minimum atomic E-state index is -3.60. The van der Waals surface area contributed by atoms with Crippen LogP contribution in [0, 0.1) is 6.92 Å². The second-order valence-corrected chi connectivity index (χ2v) is 7.28. The van der Waals surface area contributed by atoms with Crippen molar-refractivity contribution < 1.29 is 8.42 Å². The van der Waals surface area contributed by atoms with E-state index in [1.54, 1.807) is 13.8 Å². The molecule has 2 heterocycles. The highest BCUT2D eigenvalue weighted by molar-refractivity contribution is 7.89. The summed E-state index contributed by atoms with van der Waals surface area (Å²) in [7, 11) is -3.60. The van der Waals surface area contributed by atoms with E-state index in [4.69, 9.17) is 0 Å². The maximum Gasteiger partial charge on any atom is 0.242 e. The summed E-state index contributed by atoms with van der Waals surface area (Å²) >= 11 is 1.45. The minimum Gasteiger partial charge on any atom is -0.312 e. The van der Waals surface area contributed by atoms with Crippen molar-refractivity contribution in [3.05, 3.63) is 28.0 Å². The van der Waals surface area contributed by atoms with Gasteiger partial charge in [0.1, 0.15) is 17.0 Å². The summed E-state index contributed by atoms with van der Waals surface area (Å²) in [5, 5.41) is 11.4. The van der Waals surface area contributed by atoms with E-state index in [0.717, 1.165) is 17.0 Å². The number of thiophene rings is 1. The molecule has 7 nitrogen and oxygen atoms in total. The van der Waals surface area contributed by atoms with Gasteiger partial charge in [-0.2, -0.15) is 5.10 Å². The third kappa shape index (κ3) is 3.67. The molecular formula is C12H19N5O2S2. The molecule has 0 amide bonds. The van der Waals surface area contributed by atoms with Crippen molar-refractivity contribution in [2.45, 2.75) is 38.3 Å². The fourth-order valence-electron chi connectivity index (χ4n) is 1.98. The van der Waals surface area contributed by atoms with Crippen LogP contribution in [0.3, 0.4) is 0 Å². The Labute approximate surface area is 128 Å². The summed E-state index contributed by atoms with van der Waals surface area (Å²) in [6.45, 7) is 6.85. The number of aromatic nitrogens is 3. The number of aromatic amines is 1. The molecule has 9 heteroatoms. The Hall–Kier alpha value is -1.29. The van der Waals surface area contributed by atoms with Crippen LogP contribution in [0.5, 0.6) is 0 Å². The van der Waals surface area contributed by atoms with Gasteiger partial charge in [-0.15, -0.1) is 11.3 Å². The van der Waals surface area contributed by atoms with E-state index in [0.29, 0.717) is 17.3 Å². The summed E-state index contributed by atoms with van der Waals surface area (Å²) in [6, 6.07) is -0.469. The third-order valence-corrected chi connectivity index (χ3v) is 5.97. The normalized spacial score (nSPS) is 13.5. The zero-order chi connectivity index (χ0) is 15.5. The smallest absolute Gasteiger partial charge is 0.242 e. The molecule has 21 heavy (non-hydrogen) atoms. The molecule has 0 aliphatic rings. The van der Waals surface area contributed by atoms with E-state index in [-0.39, 0.29) is 0 Å². The molecule has 0 saturated heterocycles. The second-order valence-electron chi connectivity index (χ2n) is 4.67. The van der Waals surface area contributed by atoms with Crippen LogP contribution in [-0.2, 0) is 16.6 Å². The van der Waals surface area contributed by atoms with Crippen LogP contribution < -0.4 is 10.0 Å². The van der Waals surface area contributed by atoms with E-state index >= 15 is 0 Å². The molecule has 0 spiro atoms. The highest BCUT2D eigenvalue weighted by Crippen LogP contribution is 2.27. The van der Waals surface area contributed by atoms with Gasteiger partial charge in [-0.05, 0) is 31.3 Å². The van der Waals surface area contributed by atoms with E-state index in [2.05, 4.69) is 25.2 Å². The van der Waals surface area contributed by atoms with Crippen molar-refractivity contribution in [2.75, 3.05) is 6.54 Å². The lowest BCUT2D eigenvalue weighted by Crippen LogP contribution is -2.29. The summed E-state index contributed by atoms with van der Waals surface area (Å²) in [5.41, 5.74) is 0.755. The largest absolute Gasteiger partial charge is 0.312 e. The van der Waals surface area contributed by atoms with Gasteiger partial charge in [0, 0.05) is 11.4 Å². The molecule has 1 atom stereocenters. The molecule has 0 fully saturated rings. The second kappa shape index (κ2) is 6.65. The van der Waals surface area contributed by atoms with Crippen LogP contribution in [0.25, 0.3) is 0 Å². The fourth-order valence-corrected chi connectivity index (χ4v) is 4.97. The Morgan fingerprint density at radius 3 is 2.86 bits per heavy atom. The molecule has 3 N–H and O–H groups in total. The van der Waals surface area contributed by atoms with Gasteiger partial charge in [-0.25, -0.2) is 18.1 Å². The molecule has 0 bridgehead atoms. The van der Waals surface area contributed by atoms with Crippen molar-refractivity contribution in [2.24, 2.45) is 0 Å². The number of aryl methyl sites for hydroxylation is 1. The minimum absolute atomic E-state index is 0.361. The Balaban J connectivity index is 2.25. The van der Waals surface area contributed by atoms with Gasteiger partial charge < -0.3 is 5.32 Å². The van der Waals surface area contributed by atoms with E-state index < -0.39 is 16.1 Å². The Kier molecular flexibility index (Phi) is 5.09. The fraction of sp³-hybridized carbons (Fsp3) is 0.500. The number of sulfonamides is 1. The van der Waals surface area contributed by atoms with Crippen LogP contribution in [0.15, 0.2) is 16.6 Å². The predicted octanol–water partition coefficient (Wildman–Crippen LogP) is 1.32. The summed E-state index contributed by atoms with van der Waals surface area (Å²) in [5.74, 6) is 0.486. The molecule has 116 valence electrons. The summed E-state index contributed by atoms with van der Waals surface area (Å²) in [4.78, 5) is 5.15. The highest BCUT2D eigenvalue weighted by atomic mass is 32.2. The molecule has 0 saturated carbocycles. The van der Waals surface area contributed by atoms with Crippen molar-refractivity contribution in [1.29, 1.82) is 0 Å². The highest BCUT2D eigenvalue weighted by Gasteiger charge is 2.25. The average Bonchev–Trinajstić information content (AvgIpc) is 3.05. The molecule has 0 aliphatic carbocycles. The molecule has 0 radical (unpaired) electrons. The lowest BCUT2D eigenvalue weighted by atomic mass is 10.3. The summed E-state index contributed by atoms with van der Waals surface area (Å²) in [6.07, 6.45) is 1.35. The first kappa shape index (κ1) is 16.1. The standard InChI is InChI=1S/C12H19N5O2S2/c1-4-13-5-10-11(8(2)6-20-10)21(18,19)17-9(3)12-14-7-15-16-12/h6-7,9,13,17H,4-5H2,1-3H3,(H,14,15,16). The third-order valence-electron chi connectivity index (χ3n) is 2.97. The number of H-pyrrole nitrogens is 1. The molecular weight excluding hydrogens is 310 g/mol. The van der Waals surface area contributed by atoms with Crippen LogP contribution in [0.2, 0.25) is 0 Å². The SMILES string of the molecule is CCNCc1scc(C)c1S(=O)(=O)NC(C)c1ncn[nH]1. The Morgan fingerprint density at radius 1 is 1.48 bits per heavy atom. The van der Waals surface area contributed by atoms with Crippen LogP contribution in [0.4, 0.5) is 0 Å². The number of rotatable bonds is 7. The quantitative estimate of drug-likeness (QED) is 0.711. The topological polar surface area (TPSA) is 99.8 Å². The first-order chi connectivity index (χ1) is 9.95. The van der Waals surface area contributed by atoms with E-state index in [1.165, 1.54) is 17.7 Å². The Morgan fingerprint density at radius 2 is 2.24 bits per heavy atom.